The van der Waals surface area contributed by atoms with Crippen LogP contribution in [0.3, 0.4) is 0 Å². The number of carbonyl (C=O) groups excluding carboxylic acids is 2. The van der Waals surface area contributed by atoms with Crippen LogP contribution in [0, 0.1) is 11.3 Å². The number of benzene rings is 1. The predicted octanol–water partition coefficient (Wildman–Crippen LogP) is 5.53. The van der Waals surface area contributed by atoms with Crippen LogP contribution in [0.2, 0.25) is 5.02 Å². The number of anilines is 1. The Morgan fingerprint density at radius 1 is 1.15 bits per heavy atom. The van der Waals surface area contributed by atoms with E-state index in [1.54, 1.807) is 0 Å². The van der Waals surface area contributed by atoms with Gasteiger partial charge < -0.3 is 14.6 Å². The van der Waals surface area contributed by atoms with Gasteiger partial charge >= 0.3 is 30.4 Å². The molecule has 0 unspecified atom stereocenters. The highest BCUT2D eigenvalue weighted by Crippen LogP contribution is 2.50. The normalized spacial score (nSPS) is 16.4. The molecule has 0 spiro atoms. The summed E-state index contributed by atoms with van der Waals surface area (Å²) in [5, 5.41) is 24.1. The van der Waals surface area contributed by atoms with Crippen molar-refractivity contribution in [2.45, 2.75) is 43.1 Å². The molecule has 1 saturated carbocycles. The molecule has 47 heavy (non-hydrogen) atoms. The lowest BCUT2D eigenvalue weighted by molar-refractivity contribution is -0.292. The number of aliphatic carboxylic acids is 1. The molecule has 2 heterocycles. The molecule has 0 radical (unpaired) electrons. The smallest absolute Gasteiger partial charge is 0.481 e. The fourth-order valence-corrected chi connectivity index (χ4v) is 4.68. The van der Waals surface area contributed by atoms with Crippen molar-refractivity contribution < 1.29 is 64.1 Å². The first kappa shape index (κ1) is 35.2. The lowest BCUT2D eigenvalue weighted by Gasteiger charge is -2.27. The van der Waals surface area contributed by atoms with Gasteiger partial charge in [0.1, 0.15) is 23.4 Å². The zero-order valence-corrected chi connectivity index (χ0v) is 24.4. The van der Waals surface area contributed by atoms with E-state index in [2.05, 4.69) is 9.84 Å². The maximum atomic E-state index is 14.0. The molecule has 1 aromatic carbocycles. The van der Waals surface area contributed by atoms with Gasteiger partial charge in [0.05, 0.1) is 23.1 Å². The van der Waals surface area contributed by atoms with E-state index in [0.717, 1.165) is 16.1 Å². The number of carbonyl (C=O) groups is 3. The SMILES string of the molecule is CN1CC(c2ccc(Cl)c(C(=O)N(COC(=O)OCCC(=O)O)C3(C#N)CC3)c2)=CN1c1n[nH]c(C(F)(F)C(F)(F)F)c1C(F)(F)F. The van der Waals surface area contributed by atoms with Crippen LogP contribution in [0.15, 0.2) is 24.4 Å². The molecule has 254 valence electrons. The maximum Gasteiger partial charge on any atom is 0.510 e. The van der Waals surface area contributed by atoms with E-state index in [4.69, 9.17) is 21.4 Å². The van der Waals surface area contributed by atoms with Crippen LogP contribution in [-0.4, -0.2) is 81.9 Å². The molecule has 2 N–H and O–H groups in total. The Morgan fingerprint density at radius 3 is 2.36 bits per heavy atom. The van der Waals surface area contributed by atoms with Crippen LogP contribution in [-0.2, 0) is 26.4 Å². The Bertz CT molecular complexity index is 1650. The summed E-state index contributed by atoms with van der Waals surface area (Å²) in [6, 6.07) is 5.72. The highest BCUT2D eigenvalue weighted by Gasteiger charge is 2.63. The number of alkyl halides is 8. The second kappa shape index (κ2) is 12.5. The molecule has 2 aromatic rings. The molecule has 1 amide bonds. The fraction of sp³-hybridized carbons (Fsp3) is 0.423. The lowest BCUT2D eigenvalue weighted by Crippen LogP contribution is -2.43. The van der Waals surface area contributed by atoms with Gasteiger partial charge in [-0.1, -0.05) is 17.7 Å². The standard InChI is InChI=1S/C26H21ClF8N6O6/c1-39-9-14(10-41(39)20-18(25(30,31)32)19(37-38-20)24(28,29)26(33,34)35)13-2-3-16(27)15(8-13)21(44)40(23(11-36)5-6-23)12-47-22(45)46-7-4-17(42)43/h2-3,8,10H,4-7,9,12H2,1H3,(H,37,38)(H,42,43). The first-order valence-corrected chi connectivity index (χ1v) is 13.5. The number of carboxylic acids is 1. The van der Waals surface area contributed by atoms with Crippen molar-refractivity contribution in [2.75, 3.05) is 31.9 Å². The molecule has 21 heteroatoms. The maximum absolute atomic E-state index is 14.0. The summed E-state index contributed by atoms with van der Waals surface area (Å²) in [6.07, 6.45) is -12.6. The molecule has 0 saturated heterocycles. The molecule has 12 nitrogen and oxygen atoms in total. The molecule has 2 aliphatic rings. The number of rotatable bonds is 10. The number of nitrogens with one attached hydrogen (secondary N) is 1. The van der Waals surface area contributed by atoms with E-state index >= 15 is 0 Å². The van der Waals surface area contributed by atoms with Crippen molar-refractivity contribution in [1.82, 2.24) is 20.1 Å². The first-order chi connectivity index (χ1) is 21.7. The van der Waals surface area contributed by atoms with Gasteiger partial charge in [-0.3, -0.25) is 24.6 Å². The van der Waals surface area contributed by atoms with Crippen LogP contribution in [0.1, 0.15) is 46.4 Å². The first-order valence-electron chi connectivity index (χ1n) is 13.1. The van der Waals surface area contributed by atoms with E-state index in [-0.39, 0.29) is 41.1 Å². The number of amides is 1. The molecule has 4 rings (SSSR count). The average Bonchev–Trinajstić information content (AvgIpc) is 3.44. The van der Waals surface area contributed by atoms with Gasteiger partial charge in [0.2, 0.25) is 0 Å². The Balaban J connectivity index is 1.65. The minimum Gasteiger partial charge on any atom is -0.481 e. The van der Waals surface area contributed by atoms with E-state index < -0.39 is 78.7 Å². The number of H-pyrrole nitrogens is 1. The summed E-state index contributed by atoms with van der Waals surface area (Å²) < 4.78 is 118. The molecule has 0 atom stereocenters. The summed E-state index contributed by atoms with van der Waals surface area (Å²) in [5.41, 5.74) is -6.21. The van der Waals surface area contributed by atoms with E-state index in [1.807, 2.05) is 6.07 Å². The fourth-order valence-electron chi connectivity index (χ4n) is 4.49. The van der Waals surface area contributed by atoms with Crippen LogP contribution >= 0.6 is 11.6 Å². The summed E-state index contributed by atoms with van der Waals surface area (Å²) in [4.78, 5) is 37.0. The number of hydrazine groups is 1. The third-order valence-corrected chi connectivity index (χ3v) is 7.40. The van der Waals surface area contributed by atoms with Crippen molar-refractivity contribution in [3.05, 3.63) is 51.8 Å². The summed E-state index contributed by atoms with van der Waals surface area (Å²) >= 11 is 6.26. The second-order valence-corrected chi connectivity index (χ2v) is 10.7. The minimum absolute atomic E-state index is 0.143. The Labute approximate surface area is 263 Å². The van der Waals surface area contributed by atoms with Crippen LogP contribution in [0.25, 0.3) is 5.57 Å². The lowest BCUT2D eigenvalue weighted by atomic mass is 10.0. The zero-order chi connectivity index (χ0) is 35.1. The minimum atomic E-state index is -6.37. The molecule has 1 fully saturated rings. The van der Waals surface area contributed by atoms with E-state index in [9.17, 15) is 54.8 Å². The van der Waals surface area contributed by atoms with Crippen molar-refractivity contribution in [3.63, 3.8) is 0 Å². The molecule has 1 aliphatic carbocycles. The predicted molar refractivity (Wildman–Crippen MR) is 141 cm³/mol. The average molecular weight is 701 g/mol. The van der Waals surface area contributed by atoms with E-state index in [1.165, 1.54) is 30.3 Å². The number of likely N-dealkylation sites (N-methyl/N-ethyl adjacent to an activating group) is 1. The Hall–Kier alpha value is -4.64. The quantitative estimate of drug-likeness (QED) is 0.184. The van der Waals surface area contributed by atoms with Crippen molar-refractivity contribution >= 4 is 41.0 Å². The number of aromatic nitrogens is 2. The number of halogens is 9. The van der Waals surface area contributed by atoms with Gasteiger partial charge in [0, 0.05) is 19.8 Å². The highest BCUT2D eigenvalue weighted by atomic mass is 35.5. The number of carboxylic acid groups (broad SMARTS) is 1. The highest BCUT2D eigenvalue weighted by molar-refractivity contribution is 6.34. The van der Waals surface area contributed by atoms with Gasteiger partial charge in [-0.05, 0) is 36.1 Å². The summed E-state index contributed by atoms with van der Waals surface area (Å²) in [6.45, 7) is -1.58. The van der Waals surface area contributed by atoms with Gasteiger partial charge in [0.15, 0.2) is 12.5 Å². The van der Waals surface area contributed by atoms with Gasteiger partial charge in [-0.15, -0.1) is 0 Å². The summed E-state index contributed by atoms with van der Waals surface area (Å²) in [5.74, 6) is -9.40. The van der Waals surface area contributed by atoms with Crippen LogP contribution in [0.5, 0.6) is 0 Å². The van der Waals surface area contributed by atoms with E-state index in [0.29, 0.717) is 5.01 Å². The Kier molecular flexibility index (Phi) is 9.38. The number of hydrogen-bond donors (Lipinski definition) is 2. The third kappa shape index (κ3) is 7.05. The largest absolute Gasteiger partial charge is 0.510 e. The van der Waals surface area contributed by atoms with Crippen molar-refractivity contribution in [3.8, 4) is 6.07 Å². The number of aromatic amines is 1. The number of hydrogen-bond acceptors (Lipinski definition) is 9. The van der Waals surface area contributed by atoms with Gasteiger partial charge in [-0.25, -0.2) is 9.80 Å². The van der Waals surface area contributed by atoms with Crippen LogP contribution < -0.4 is 5.01 Å². The van der Waals surface area contributed by atoms with Crippen molar-refractivity contribution in [1.29, 1.82) is 5.26 Å². The van der Waals surface area contributed by atoms with Crippen LogP contribution in [0.4, 0.5) is 45.7 Å². The van der Waals surface area contributed by atoms with Gasteiger partial charge in [-0.2, -0.15) is 45.5 Å². The molecule has 1 aromatic heterocycles. The Morgan fingerprint density at radius 2 is 1.81 bits per heavy atom. The number of nitrogens with zero attached hydrogens (tertiary/aromatic N) is 5. The van der Waals surface area contributed by atoms with Gasteiger partial charge in [0.25, 0.3) is 5.91 Å². The third-order valence-electron chi connectivity index (χ3n) is 7.07. The molecular weight excluding hydrogens is 680 g/mol. The molecular formula is C26H21ClF8N6O6. The number of ether oxygens (including phenoxy) is 2. The second-order valence-electron chi connectivity index (χ2n) is 10.3. The number of nitriles is 1. The topological polar surface area (TPSA) is 152 Å². The van der Waals surface area contributed by atoms with Crippen molar-refractivity contribution in [2.24, 2.45) is 0 Å². The monoisotopic (exact) mass is 700 g/mol. The summed E-state index contributed by atoms with van der Waals surface area (Å²) in [7, 11) is 1.19. The molecule has 1 aliphatic heterocycles. The molecule has 0 bridgehead atoms. The zero-order valence-electron chi connectivity index (χ0n) is 23.7.